The van der Waals surface area contributed by atoms with Crippen molar-refractivity contribution in [1.29, 1.82) is 0 Å². The number of nitrogens with zero attached hydrogens (tertiary/aromatic N) is 1. The first-order chi connectivity index (χ1) is 5.38. The molecule has 0 saturated carbocycles. The Morgan fingerprint density at radius 3 is 2.46 bits per heavy atom. The van der Waals surface area contributed by atoms with Crippen LogP contribution in [0, 0.1) is 37.7 Å². The number of rotatable bonds is 0. The smallest absolute Gasteiger partial charge is 0.506 e. The minimum absolute atomic E-state index is 0. The largest absolute Gasteiger partial charge is 3.00 e. The van der Waals surface area contributed by atoms with Crippen molar-refractivity contribution >= 4 is 28.3 Å². The van der Waals surface area contributed by atoms with Crippen LogP contribution in [0.2, 0.25) is 0 Å². The summed E-state index contributed by atoms with van der Waals surface area (Å²) in [5.41, 5.74) is 0.662. The molecule has 2 rings (SSSR count). The molecule has 0 spiro atoms. The van der Waals surface area contributed by atoms with Crippen LogP contribution >= 0.6 is 0 Å². The second kappa shape index (κ2) is 5.85. The number of benzene rings is 1. The summed E-state index contributed by atoms with van der Waals surface area (Å²) >= 11 is 0. The third-order valence-corrected chi connectivity index (χ3v) is 1.61. The van der Waals surface area contributed by atoms with E-state index >= 15 is 0 Å². The molecule has 0 saturated heterocycles. The fourth-order valence-corrected chi connectivity index (χ4v) is 1.09. The van der Waals surface area contributed by atoms with Gasteiger partial charge in [-0.1, -0.05) is 18.2 Å². The number of phenols is 1. The Labute approximate surface area is 117 Å². The number of hydrogen-bond donors (Lipinski definition) is 1. The quantitative estimate of drug-likeness (QED) is 0.672. The molecule has 4 heteroatoms. The van der Waals surface area contributed by atoms with Crippen molar-refractivity contribution in [3.05, 3.63) is 36.5 Å². The molecule has 2 aromatic rings. The zero-order valence-electron chi connectivity index (χ0n) is 6.79. The first-order valence-electron chi connectivity index (χ1n) is 3.40. The summed E-state index contributed by atoms with van der Waals surface area (Å²) in [6.07, 6.45) is 1.67. The molecule has 0 radical (unpaired) electrons. The van der Waals surface area contributed by atoms with Gasteiger partial charge in [0.25, 0.3) is 0 Å². The molecule has 0 fully saturated rings. The van der Waals surface area contributed by atoms with E-state index in [1.165, 1.54) is 0 Å². The fraction of sp³-hybridized carbons (Fsp3) is 0. The average Bonchev–Trinajstić information content (AvgIpc) is 2.06. The van der Waals surface area contributed by atoms with Crippen LogP contribution in [0.25, 0.3) is 10.9 Å². The zero-order chi connectivity index (χ0) is 7.68. The summed E-state index contributed by atoms with van der Waals surface area (Å²) in [5.74, 6) is 0.239. The Balaban J connectivity index is 0.000000720. The molecule has 0 aliphatic heterocycles. The Kier molecular flexibility index (Phi) is 5.95. The van der Waals surface area contributed by atoms with Crippen LogP contribution in [0.15, 0.2) is 36.5 Å². The molecule has 1 N–H and O–H groups in total. The second-order valence-corrected chi connectivity index (χ2v) is 2.35. The maximum absolute atomic E-state index is 9.31. The van der Waals surface area contributed by atoms with Gasteiger partial charge in [-0.2, -0.15) is 0 Å². The third-order valence-electron chi connectivity index (χ3n) is 1.61. The monoisotopic (exact) mass is 212 g/mol. The molecule has 0 atom stereocenters. The number of hydrogen-bond acceptors (Lipinski definition) is 2. The number of fused-ring (bicyclic) bond motifs is 1. The van der Waals surface area contributed by atoms with E-state index in [9.17, 15) is 5.11 Å². The Morgan fingerprint density at radius 1 is 1.08 bits per heavy atom. The number of para-hydroxylation sites is 1. The molecular weight excluding hydrogens is 205 g/mol. The minimum Gasteiger partial charge on any atom is -0.506 e. The second-order valence-electron chi connectivity index (χ2n) is 2.35. The summed E-state index contributed by atoms with van der Waals surface area (Å²) in [4.78, 5) is 4.03. The minimum atomic E-state index is 0. The number of aromatic nitrogens is 1. The molecule has 0 bridgehead atoms. The maximum atomic E-state index is 9.31. The molecule has 1 aromatic heterocycles. The molecule has 0 amide bonds. The first-order valence-corrected chi connectivity index (χ1v) is 3.40. The SMILES string of the molecule is Oc1cccc2cccnc12.[Al+3].[Ar]. The summed E-state index contributed by atoms with van der Waals surface area (Å²) in [5, 5.41) is 10.3. The van der Waals surface area contributed by atoms with Crippen molar-refractivity contribution in [3.8, 4) is 5.75 Å². The van der Waals surface area contributed by atoms with Gasteiger partial charge in [-0.25, -0.2) is 0 Å². The summed E-state index contributed by atoms with van der Waals surface area (Å²) in [7, 11) is 0. The van der Waals surface area contributed by atoms with Crippen molar-refractivity contribution in [2.24, 2.45) is 0 Å². The van der Waals surface area contributed by atoms with Gasteiger partial charge in [0.2, 0.25) is 0 Å². The van der Waals surface area contributed by atoms with Gasteiger partial charge in [-0.05, 0) is 12.1 Å². The normalized spacial score (nSPS) is 8.62. The summed E-state index contributed by atoms with van der Waals surface area (Å²) in [6, 6.07) is 9.13. The van der Waals surface area contributed by atoms with Crippen LogP contribution in [-0.4, -0.2) is 27.5 Å². The molecule has 1 aromatic carbocycles. The van der Waals surface area contributed by atoms with Gasteiger partial charge >= 0.3 is 17.4 Å². The fourth-order valence-electron chi connectivity index (χ4n) is 1.09. The predicted octanol–water partition coefficient (Wildman–Crippen LogP) is 1.56. The molecule has 0 unspecified atom stereocenters. The van der Waals surface area contributed by atoms with Crippen molar-refractivity contribution in [2.75, 3.05) is 0 Å². The van der Waals surface area contributed by atoms with E-state index in [-0.39, 0.29) is 60.8 Å². The van der Waals surface area contributed by atoms with Crippen LogP contribution in [-0.2, 0) is 0 Å². The first kappa shape index (κ1) is 13.2. The summed E-state index contributed by atoms with van der Waals surface area (Å²) in [6.45, 7) is 0. The van der Waals surface area contributed by atoms with Crippen molar-refractivity contribution < 1.29 is 42.8 Å². The van der Waals surface area contributed by atoms with E-state index in [1.54, 1.807) is 18.3 Å². The van der Waals surface area contributed by atoms with E-state index in [1.807, 2.05) is 18.2 Å². The molecule has 13 heavy (non-hydrogen) atoms. The standard InChI is InChI=1S/C9H7NO.Al.Ar/c11-8-5-1-3-7-4-2-6-10-9(7)8;;/h1-6,11H;;/q;+3;. The van der Waals surface area contributed by atoms with Crippen molar-refractivity contribution in [1.82, 2.24) is 4.98 Å². The predicted molar refractivity (Wildman–Crippen MR) is 49.2 cm³/mol. The Morgan fingerprint density at radius 2 is 1.77 bits per heavy atom. The van der Waals surface area contributed by atoms with Crippen LogP contribution < -0.4 is 0 Å². The number of aromatic hydroxyl groups is 1. The Hall–Kier alpha value is 0.222. The van der Waals surface area contributed by atoms with E-state index in [0.717, 1.165) is 5.39 Å². The van der Waals surface area contributed by atoms with Crippen molar-refractivity contribution in [2.45, 2.75) is 0 Å². The van der Waals surface area contributed by atoms with Crippen LogP contribution in [0.1, 0.15) is 0 Å². The third kappa shape index (κ3) is 2.84. The van der Waals surface area contributed by atoms with Gasteiger partial charge in [0, 0.05) is 49.3 Å². The van der Waals surface area contributed by atoms with Crippen LogP contribution in [0.5, 0.6) is 5.75 Å². The average molecular weight is 212 g/mol. The van der Waals surface area contributed by atoms with E-state index in [0.29, 0.717) is 5.52 Å². The van der Waals surface area contributed by atoms with Gasteiger partial charge in [-0.3, -0.25) is 4.98 Å². The molecular formula is C9H7AlArNO+3. The van der Waals surface area contributed by atoms with E-state index in [4.69, 9.17) is 0 Å². The zero-order valence-corrected chi connectivity index (χ0v) is 8.65. The van der Waals surface area contributed by atoms with Gasteiger partial charge in [0.15, 0.2) is 0 Å². The molecule has 0 aliphatic carbocycles. The number of phenolic OH excluding ortho intramolecular Hbond substituents is 1. The van der Waals surface area contributed by atoms with E-state index in [2.05, 4.69) is 4.98 Å². The van der Waals surface area contributed by atoms with Crippen molar-refractivity contribution in [3.63, 3.8) is 0 Å². The molecule has 2 nitrogen and oxygen atoms in total. The number of pyridine rings is 1. The van der Waals surface area contributed by atoms with E-state index < -0.39 is 0 Å². The van der Waals surface area contributed by atoms with Gasteiger partial charge in [0.05, 0.1) is 0 Å². The molecule has 62 valence electrons. The van der Waals surface area contributed by atoms with Gasteiger partial charge in [0.1, 0.15) is 11.3 Å². The van der Waals surface area contributed by atoms with Crippen LogP contribution in [0.3, 0.4) is 0 Å². The molecule has 0 aliphatic rings. The topological polar surface area (TPSA) is 33.1 Å². The van der Waals surface area contributed by atoms with Gasteiger partial charge in [-0.15, -0.1) is 0 Å². The Bertz CT molecular complexity index is 389. The van der Waals surface area contributed by atoms with Gasteiger partial charge < -0.3 is 5.11 Å². The maximum Gasteiger partial charge on any atom is 3.00 e. The summed E-state index contributed by atoms with van der Waals surface area (Å²) < 4.78 is 0. The molecule has 1 heterocycles. The van der Waals surface area contributed by atoms with Crippen LogP contribution in [0.4, 0.5) is 0 Å².